The smallest absolute Gasteiger partial charge is 0.264 e. The normalized spacial score (nSPS) is 15.6. The quantitative estimate of drug-likeness (QED) is 0.290. The molecule has 0 radical (unpaired) electrons. The average molecular weight is 602 g/mol. The minimum atomic E-state index is -0.181. The van der Waals surface area contributed by atoms with Crippen LogP contribution < -0.4 is 14.8 Å². The summed E-state index contributed by atoms with van der Waals surface area (Å²) in [6.45, 7) is 2.51. The van der Waals surface area contributed by atoms with E-state index >= 15 is 0 Å². The minimum absolute atomic E-state index is 0.181. The number of amidine groups is 1. The van der Waals surface area contributed by atoms with Crippen molar-refractivity contribution in [2.24, 2.45) is 4.99 Å². The van der Waals surface area contributed by atoms with Crippen LogP contribution in [-0.2, 0) is 17.8 Å². The fourth-order valence-corrected chi connectivity index (χ4v) is 4.93. The van der Waals surface area contributed by atoms with Crippen molar-refractivity contribution >= 4 is 66.5 Å². The predicted molar refractivity (Wildman–Crippen MR) is 146 cm³/mol. The molecule has 0 bridgehead atoms. The maximum Gasteiger partial charge on any atom is 0.264 e. The van der Waals surface area contributed by atoms with Crippen molar-refractivity contribution in [3.05, 3.63) is 91.2 Å². The zero-order chi connectivity index (χ0) is 24.1. The number of aliphatic imine (C=N–C) groups is 1. The van der Waals surface area contributed by atoms with E-state index in [1.54, 1.807) is 7.11 Å². The Hall–Kier alpha value is -2.55. The maximum atomic E-state index is 12.5. The van der Waals surface area contributed by atoms with E-state index in [0.29, 0.717) is 28.2 Å². The van der Waals surface area contributed by atoms with Crippen molar-refractivity contribution in [2.45, 2.75) is 20.0 Å². The van der Waals surface area contributed by atoms with Crippen LogP contribution in [0.15, 0.2) is 79.5 Å². The fraction of sp³-hybridized carbons (Fsp3) is 0.154. The van der Waals surface area contributed by atoms with E-state index in [9.17, 15) is 4.79 Å². The van der Waals surface area contributed by atoms with Crippen molar-refractivity contribution in [3.63, 3.8) is 0 Å². The highest BCUT2D eigenvalue weighted by molar-refractivity contribution is 9.10. The van der Waals surface area contributed by atoms with Gasteiger partial charge in [-0.2, -0.15) is 0 Å². The first-order valence-corrected chi connectivity index (χ1v) is 13.0. The summed E-state index contributed by atoms with van der Waals surface area (Å²) in [5, 5.41) is 3.39. The third-order valence-corrected chi connectivity index (χ3v) is 7.10. The Morgan fingerprint density at radius 1 is 1.03 bits per heavy atom. The molecular weight excluding hydrogens is 580 g/mol. The van der Waals surface area contributed by atoms with E-state index in [1.165, 1.54) is 17.3 Å². The highest BCUT2D eigenvalue weighted by Crippen LogP contribution is 2.39. The van der Waals surface area contributed by atoms with Crippen LogP contribution in [0.3, 0.4) is 0 Å². The van der Waals surface area contributed by atoms with Gasteiger partial charge in [-0.1, -0.05) is 47.1 Å². The van der Waals surface area contributed by atoms with Gasteiger partial charge in [0.15, 0.2) is 16.7 Å². The molecule has 5 nitrogen and oxygen atoms in total. The number of halogens is 2. The van der Waals surface area contributed by atoms with Gasteiger partial charge in [0.1, 0.15) is 6.61 Å². The van der Waals surface area contributed by atoms with Gasteiger partial charge in [0.05, 0.1) is 22.2 Å². The number of carbonyl (C=O) groups excluding carboxylic acids is 1. The summed E-state index contributed by atoms with van der Waals surface area (Å²) in [6, 6.07) is 19.7. The van der Waals surface area contributed by atoms with Crippen LogP contribution in [0, 0.1) is 0 Å². The Bertz CT molecular complexity index is 1260. The summed E-state index contributed by atoms with van der Waals surface area (Å²) in [4.78, 5) is 17.6. The molecule has 1 amide bonds. The van der Waals surface area contributed by atoms with Gasteiger partial charge in [-0.25, -0.2) is 4.99 Å². The number of amides is 1. The summed E-state index contributed by atoms with van der Waals surface area (Å²) < 4.78 is 13.3. The molecule has 1 saturated heterocycles. The van der Waals surface area contributed by atoms with E-state index < -0.39 is 0 Å². The molecule has 0 atom stereocenters. The number of thioether (sulfide) groups is 1. The zero-order valence-electron chi connectivity index (χ0n) is 18.6. The summed E-state index contributed by atoms with van der Waals surface area (Å²) in [5.74, 6) is 1.00. The Morgan fingerprint density at radius 2 is 1.74 bits per heavy atom. The van der Waals surface area contributed by atoms with Crippen LogP contribution in [0.2, 0.25) is 0 Å². The molecule has 1 fully saturated rings. The van der Waals surface area contributed by atoms with Crippen LogP contribution in [-0.4, -0.2) is 18.2 Å². The monoisotopic (exact) mass is 600 g/mol. The first-order valence-electron chi connectivity index (χ1n) is 10.6. The Balaban J connectivity index is 1.51. The largest absolute Gasteiger partial charge is 0.493 e. The second-order valence-corrected chi connectivity index (χ2v) is 10.3. The molecule has 0 aromatic heterocycles. The third kappa shape index (κ3) is 6.11. The van der Waals surface area contributed by atoms with Crippen molar-refractivity contribution in [3.8, 4) is 11.5 Å². The number of hydrogen-bond acceptors (Lipinski definition) is 5. The fourth-order valence-electron chi connectivity index (χ4n) is 3.25. The van der Waals surface area contributed by atoms with Gasteiger partial charge in [-0.15, -0.1) is 0 Å². The first kappa shape index (κ1) is 24.6. The number of benzene rings is 3. The number of methoxy groups -OCH3 is 1. The van der Waals surface area contributed by atoms with Crippen LogP contribution in [0.1, 0.15) is 23.6 Å². The van der Waals surface area contributed by atoms with Gasteiger partial charge in [-0.05, 0) is 93.3 Å². The van der Waals surface area contributed by atoms with Gasteiger partial charge in [0.2, 0.25) is 0 Å². The van der Waals surface area contributed by atoms with E-state index in [4.69, 9.17) is 9.47 Å². The standard InChI is InChI=1S/C26H22Br2N2O3S/c1-3-16-6-10-20(11-7-16)29-26-30-25(31)23(34-26)14-18-12-21(28)24(22(13-18)32-2)33-15-17-4-8-19(27)9-5-17/h4-14H,3,15H2,1-2H3,(H,29,30,31)/b23-14-. The summed E-state index contributed by atoms with van der Waals surface area (Å²) in [7, 11) is 1.59. The second-order valence-electron chi connectivity index (χ2n) is 7.45. The summed E-state index contributed by atoms with van der Waals surface area (Å²) in [5.41, 5.74) is 3.90. The lowest BCUT2D eigenvalue weighted by atomic mass is 10.1. The van der Waals surface area contributed by atoms with E-state index in [2.05, 4.69) is 49.1 Å². The second kappa shape index (κ2) is 11.3. The summed E-state index contributed by atoms with van der Waals surface area (Å²) >= 11 is 8.33. The third-order valence-electron chi connectivity index (χ3n) is 5.07. The molecule has 3 aromatic carbocycles. The van der Waals surface area contributed by atoms with Gasteiger partial charge < -0.3 is 14.8 Å². The molecule has 3 aromatic rings. The van der Waals surface area contributed by atoms with E-state index in [-0.39, 0.29) is 5.91 Å². The van der Waals surface area contributed by atoms with Crippen LogP contribution in [0.4, 0.5) is 5.69 Å². The molecule has 4 rings (SSSR count). The van der Waals surface area contributed by atoms with Crippen molar-refractivity contribution < 1.29 is 14.3 Å². The van der Waals surface area contributed by atoms with E-state index in [0.717, 1.165) is 32.2 Å². The van der Waals surface area contributed by atoms with Gasteiger partial charge in [0.25, 0.3) is 5.91 Å². The Morgan fingerprint density at radius 3 is 2.41 bits per heavy atom. The molecule has 8 heteroatoms. The number of hydrogen-bond donors (Lipinski definition) is 1. The Labute approximate surface area is 219 Å². The molecule has 34 heavy (non-hydrogen) atoms. The number of ether oxygens (including phenoxy) is 2. The van der Waals surface area contributed by atoms with Gasteiger partial charge in [0, 0.05) is 4.47 Å². The number of carbonyl (C=O) groups is 1. The molecule has 1 aliphatic heterocycles. The van der Waals surface area contributed by atoms with Gasteiger partial charge >= 0.3 is 0 Å². The molecule has 1 heterocycles. The zero-order valence-corrected chi connectivity index (χ0v) is 22.6. The van der Waals surface area contributed by atoms with Crippen molar-refractivity contribution in [2.75, 3.05) is 7.11 Å². The molecule has 0 unspecified atom stereocenters. The summed E-state index contributed by atoms with van der Waals surface area (Å²) in [6.07, 6.45) is 2.79. The Kier molecular flexibility index (Phi) is 8.13. The number of aryl methyl sites for hydroxylation is 1. The molecule has 0 spiro atoms. The maximum absolute atomic E-state index is 12.5. The lowest BCUT2D eigenvalue weighted by molar-refractivity contribution is -0.115. The predicted octanol–water partition coefficient (Wildman–Crippen LogP) is 7.25. The van der Waals surface area contributed by atoms with Gasteiger partial charge in [-0.3, -0.25) is 4.79 Å². The SMILES string of the molecule is CCc1ccc(N=C2NC(=O)/C(=C/c3cc(Br)c(OCc4ccc(Br)cc4)c(OC)c3)S2)cc1. The molecule has 0 saturated carbocycles. The van der Waals surface area contributed by atoms with Crippen LogP contribution in [0.25, 0.3) is 6.08 Å². The highest BCUT2D eigenvalue weighted by atomic mass is 79.9. The number of nitrogens with zero attached hydrogens (tertiary/aromatic N) is 1. The first-order chi connectivity index (χ1) is 16.4. The minimum Gasteiger partial charge on any atom is -0.493 e. The molecular formula is C26H22Br2N2O3S. The van der Waals surface area contributed by atoms with Crippen LogP contribution >= 0.6 is 43.6 Å². The number of rotatable bonds is 7. The van der Waals surface area contributed by atoms with Crippen molar-refractivity contribution in [1.29, 1.82) is 0 Å². The lowest BCUT2D eigenvalue weighted by Gasteiger charge is -2.14. The molecule has 1 aliphatic rings. The average Bonchev–Trinajstić information content (AvgIpc) is 3.17. The number of nitrogens with one attached hydrogen (secondary N) is 1. The van der Waals surface area contributed by atoms with Crippen LogP contribution in [0.5, 0.6) is 11.5 Å². The molecule has 1 N–H and O–H groups in total. The lowest BCUT2D eigenvalue weighted by Crippen LogP contribution is -2.19. The molecule has 174 valence electrons. The van der Waals surface area contributed by atoms with E-state index in [1.807, 2.05) is 66.7 Å². The topological polar surface area (TPSA) is 59.9 Å². The molecule has 0 aliphatic carbocycles. The highest BCUT2D eigenvalue weighted by Gasteiger charge is 2.24. The van der Waals surface area contributed by atoms with Crippen molar-refractivity contribution in [1.82, 2.24) is 5.32 Å².